The summed E-state index contributed by atoms with van der Waals surface area (Å²) in [4.78, 5) is 3.89. The fourth-order valence-electron chi connectivity index (χ4n) is 4.68. The number of hydrogen-bond acceptors (Lipinski definition) is 5. The van der Waals surface area contributed by atoms with Crippen LogP contribution in [0.3, 0.4) is 0 Å². The quantitative estimate of drug-likeness (QED) is 0.652. The molecule has 0 fully saturated rings. The van der Waals surface area contributed by atoms with Crippen LogP contribution in [-0.4, -0.2) is 13.1 Å². The topological polar surface area (TPSA) is 51.8 Å². The molecule has 26 heavy (non-hydrogen) atoms. The molecule has 0 N–H and O–H groups in total. The van der Waals surface area contributed by atoms with Crippen LogP contribution in [0.5, 0.6) is 0 Å². The van der Waals surface area contributed by atoms with E-state index < -0.39 is 0 Å². The number of nitriles is 1. The maximum absolute atomic E-state index is 9.59. The van der Waals surface area contributed by atoms with E-state index in [1.165, 1.54) is 66.0 Å². The highest BCUT2D eigenvalue weighted by Gasteiger charge is 2.24. The van der Waals surface area contributed by atoms with Crippen LogP contribution >= 0.6 is 11.3 Å². The molecule has 2 aliphatic heterocycles. The minimum Gasteiger partial charge on any atom is -0.371 e. The highest BCUT2D eigenvalue weighted by Crippen LogP contribution is 2.41. The minimum absolute atomic E-state index is 0.763. The van der Waals surface area contributed by atoms with Gasteiger partial charge in [0.05, 0.1) is 11.3 Å². The van der Waals surface area contributed by atoms with Gasteiger partial charge in [0.15, 0.2) is 5.00 Å². The van der Waals surface area contributed by atoms with Gasteiger partial charge in [-0.3, -0.25) is 0 Å². The van der Waals surface area contributed by atoms with E-state index in [0.717, 1.165) is 41.9 Å². The van der Waals surface area contributed by atoms with Crippen LogP contribution in [-0.2, 0) is 25.7 Å². The Balaban J connectivity index is 1.51. The normalized spacial score (nSPS) is 18.5. The molecule has 2 aromatic rings. The van der Waals surface area contributed by atoms with Crippen LogP contribution in [0, 0.1) is 11.3 Å². The molecule has 3 aliphatic rings. The number of hydrogen-bond donors (Lipinski definition) is 0. The zero-order chi connectivity index (χ0) is 17.5. The average Bonchev–Trinajstić information content (AvgIpc) is 3.04. The largest absolute Gasteiger partial charge is 0.371 e. The molecule has 0 bridgehead atoms. The summed E-state index contributed by atoms with van der Waals surface area (Å²) in [5.74, 6) is 0. The number of aryl methyl sites for hydroxylation is 3. The molecule has 0 amide bonds. The molecule has 4 nitrogen and oxygen atoms in total. The standard InChI is InChI=1S/C21H22N4S/c22-13-18-17-7-1-2-8-19(17)26-21(18)24-23-16-11-14-5-3-9-25-10-4-6-15(12-16)20(14)25/h11-12H,1-10H2. The lowest BCUT2D eigenvalue weighted by atomic mass is 9.91. The van der Waals surface area contributed by atoms with Crippen LogP contribution in [0.4, 0.5) is 16.4 Å². The minimum atomic E-state index is 0.763. The number of thiophene rings is 1. The Hall–Kier alpha value is -2.19. The summed E-state index contributed by atoms with van der Waals surface area (Å²) in [6.07, 6.45) is 9.23. The third-order valence-electron chi connectivity index (χ3n) is 5.84. The first kappa shape index (κ1) is 16.0. The van der Waals surface area contributed by atoms with Crippen LogP contribution in [0.2, 0.25) is 0 Å². The molecular weight excluding hydrogens is 340 g/mol. The van der Waals surface area contributed by atoms with E-state index >= 15 is 0 Å². The SMILES string of the molecule is N#Cc1c(N=Nc2cc3c4c(c2)CCCN4CCC3)sc2c1CCCC2. The van der Waals surface area contributed by atoms with Crippen molar-refractivity contribution in [2.24, 2.45) is 10.2 Å². The first-order valence-corrected chi connectivity index (χ1v) is 10.5. The summed E-state index contributed by atoms with van der Waals surface area (Å²) in [6.45, 7) is 2.38. The van der Waals surface area contributed by atoms with Crippen molar-refractivity contribution >= 4 is 27.7 Å². The van der Waals surface area contributed by atoms with Crippen molar-refractivity contribution in [3.63, 3.8) is 0 Å². The fourth-order valence-corrected chi connectivity index (χ4v) is 5.84. The lowest BCUT2D eigenvalue weighted by Gasteiger charge is -2.36. The number of anilines is 1. The molecule has 1 aromatic heterocycles. The second kappa shape index (κ2) is 6.51. The Kier molecular flexibility index (Phi) is 4.01. The Morgan fingerprint density at radius 3 is 2.38 bits per heavy atom. The zero-order valence-electron chi connectivity index (χ0n) is 14.9. The van der Waals surface area contributed by atoms with Crippen LogP contribution in [0.1, 0.15) is 52.8 Å². The van der Waals surface area contributed by atoms with Crippen LogP contribution in [0.25, 0.3) is 0 Å². The van der Waals surface area contributed by atoms with Crippen molar-refractivity contribution in [3.8, 4) is 6.07 Å². The van der Waals surface area contributed by atoms with Gasteiger partial charge in [0.1, 0.15) is 6.07 Å². The van der Waals surface area contributed by atoms with Gasteiger partial charge in [-0.05, 0) is 80.2 Å². The van der Waals surface area contributed by atoms with Crippen LogP contribution in [0.15, 0.2) is 22.4 Å². The van der Waals surface area contributed by atoms with E-state index in [-0.39, 0.29) is 0 Å². The number of azo groups is 1. The summed E-state index contributed by atoms with van der Waals surface area (Å²) < 4.78 is 0. The highest BCUT2D eigenvalue weighted by atomic mass is 32.1. The third kappa shape index (κ3) is 2.64. The first-order chi connectivity index (χ1) is 12.8. The van der Waals surface area contributed by atoms with Crippen LogP contribution < -0.4 is 4.90 Å². The second-order valence-electron chi connectivity index (χ2n) is 7.51. The van der Waals surface area contributed by atoms with Gasteiger partial charge in [0, 0.05) is 23.7 Å². The molecule has 5 rings (SSSR count). The molecule has 0 radical (unpaired) electrons. The molecule has 5 heteroatoms. The Morgan fingerprint density at radius 2 is 1.65 bits per heavy atom. The summed E-state index contributed by atoms with van der Waals surface area (Å²) in [7, 11) is 0. The van der Waals surface area contributed by atoms with Gasteiger partial charge < -0.3 is 4.90 Å². The summed E-state index contributed by atoms with van der Waals surface area (Å²) in [5, 5.41) is 19.5. The van der Waals surface area contributed by atoms with Crippen molar-refractivity contribution in [1.29, 1.82) is 5.26 Å². The molecule has 0 saturated carbocycles. The average molecular weight is 363 g/mol. The maximum Gasteiger partial charge on any atom is 0.157 e. The fraction of sp³-hybridized carbons (Fsp3) is 0.476. The summed E-state index contributed by atoms with van der Waals surface area (Å²) in [5.41, 5.74) is 7.25. The van der Waals surface area contributed by atoms with Crippen molar-refractivity contribution in [2.75, 3.05) is 18.0 Å². The van der Waals surface area contributed by atoms with Crippen molar-refractivity contribution in [2.45, 2.75) is 51.4 Å². The number of nitrogens with zero attached hydrogens (tertiary/aromatic N) is 4. The predicted molar refractivity (Wildman–Crippen MR) is 105 cm³/mol. The molecule has 0 saturated heterocycles. The summed E-state index contributed by atoms with van der Waals surface area (Å²) >= 11 is 1.66. The maximum atomic E-state index is 9.59. The number of rotatable bonds is 2. The van der Waals surface area contributed by atoms with Gasteiger partial charge in [-0.15, -0.1) is 21.6 Å². The van der Waals surface area contributed by atoms with Crippen molar-refractivity contribution < 1.29 is 0 Å². The number of fused-ring (bicyclic) bond motifs is 1. The van der Waals surface area contributed by atoms with E-state index in [4.69, 9.17) is 0 Å². The molecule has 0 spiro atoms. The Morgan fingerprint density at radius 1 is 0.923 bits per heavy atom. The Bertz CT molecular complexity index is 903. The van der Waals surface area contributed by atoms with Gasteiger partial charge in [-0.25, -0.2) is 0 Å². The monoisotopic (exact) mass is 362 g/mol. The van der Waals surface area contributed by atoms with Crippen molar-refractivity contribution in [3.05, 3.63) is 39.3 Å². The molecule has 0 unspecified atom stereocenters. The number of benzene rings is 1. The third-order valence-corrected chi connectivity index (χ3v) is 7.01. The van der Waals surface area contributed by atoms with E-state index in [9.17, 15) is 5.26 Å². The summed E-state index contributed by atoms with van der Waals surface area (Å²) in [6, 6.07) is 6.79. The van der Waals surface area contributed by atoms with E-state index in [0.29, 0.717) is 0 Å². The van der Waals surface area contributed by atoms with Gasteiger partial charge >= 0.3 is 0 Å². The molecule has 0 atom stereocenters. The highest BCUT2D eigenvalue weighted by molar-refractivity contribution is 7.16. The lowest BCUT2D eigenvalue weighted by Crippen LogP contribution is -2.34. The first-order valence-electron chi connectivity index (χ1n) is 9.70. The van der Waals surface area contributed by atoms with Crippen molar-refractivity contribution in [1.82, 2.24) is 0 Å². The van der Waals surface area contributed by atoms with Gasteiger partial charge in [-0.2, -0.15) is 5.26 Å². The van der Waals surface area contributed by atoms with E-state index in [1.54, 1.807) is 11.3 Å². The lowest BCUT2D eigenvalue weighted by molar-refractivity contribution is 0.634. The van der Waals surface area contributed by atoms with Gasteiger partial charge in [-0.1, -0.05) is 0 Å². The van der Waals surface area contributed by atoms with E-state index in [2.05, 4.69) is 33.3 Å². The second-order valence-corrected chi connectivity index (χ2v) is 8.59. The Labute approximate surface area is 158 Å². The molecule has 1 aliphatic carbocycles. The smallest absolute Gasteiger partial charge is 0.157 e. The molecule has 1 aromatic carbocycles. The zero-order valence-corrected chi connectivity index (χ0v) is 15.7. The van der Waals surface area contributed by atoms with E-state index in [1.807, 2.05) is 0 Å². The molecule has 3 heterocycles. The molecular formula is C21H22N4S. The van der Waals surface area contributed by atoms with Gasteiger partial charge in [0.2, 0.25) is 0 Å². The molecule has 132 valence electrons. The predicted octanol–water partition coefficient (Wildman–Crippen LogP) is 5.61. The van der Waals surface area contributed by atoms with Gasteiger partial charge in [0.25, 0.3) is 0 Å².